The third kappa shape index (κ3) is 5.87. The summed E-state index contributed by atoms with van der Waals surface area (Å²) < 4.78 is 6.80. The molecule has 12 aromatic carbocycles. The van der Waals surface area contributed by atoms with Crippen LogP contribution < -0.4 is 9.64 Å². The molecule has 2 heterocycles. The van der Waals surface area contributed by atoms with Gasteiger partial charge in [0.05, 0.1) is 22.2 Å². The number of para-hydroxylation sites is 3. The van der Waals surface area contributed by atoms with Gasteiger partial charge in [-0.05, 0) is 138 Å². The third-order valence-corrected chi connectivity index (χ3v) is 17.8. The summed E-state index contributed by atoms with van der Waals surface area (Å²) in [5.74, 6) is 1.76. The molecule has 16 rings (SSSR count). The molecular formula is C72H45NOS. The van der Waals surface area contributed by atoms with Crippen molar-refractivity contribution in [1.82, 2.24) is 0 Å². The van der Waals surface area contributed by atoms with Crippen molar-refractivity contribution in [2.45, 2.75) is 20.6 Å². The summed E-state index contributed by atoms with van der Waals surface area (Å²) in [5.41, 5.74) is 22.0. The molecule has 0 aromatic heterocycles. The topological polar surface area (TPSA) is 12.5 Å². The molecular weight excluding hydrogens is 927 g/mol. The fourth-order valence-corrected chi connectivity index (χ4v) is 14.8. The van der Waals surface area contributed by atoms with Gasteiger partial charge in [0.2, 0.25) is 0 Å². The van der Waals surface area contributed by atoms with Crippen LogP contribution in [0.3, 0.4) is 0 Å². The van der Waals surface area contributed by atoms with Crippen LogP contribution in [0, 0.1) is 0 Å². The molecule has 12 aromatic rings. The normalized spacial score (nSPS) is 14.1. The number of anilines is 3. The molecule has 2 spiro atoms. The molecule has 3 heteroatoms. The molecule has 0 radical (unpaired) electrons. The maximum absolute atomic E-state index is 6.80. The van der Waals surface area contributed by atoms with Crippen molar-refractivity contribution in [2.24, 2.45) is 0 Å². The summed E-state index contributed by atoms with van der Waals surface area (Å²) in [4.78, 5) is 5.15. The van der Waals surface area contributed by atoms with Crippen molar-refractivity contribution in [3.63, 3.8) is 0 Å². The van der Waals surface area contributed by atoms with Crippen LogP contribution >= 0.6 is 11.8 Å². The first-order chi connectivity index (χ1) is 37.2. The van der Waals surface area contributed by atoms with Crippen molar-refractivity contribution < 1.29 is 4.74 Å². The summed E-state index contributed by atoms with van der Waals surface area (Å²) in [7, 11) is 0. The van der Waals surface area contributed by atoms with Crippen molar-refractivity contribution in [2.75, 3.05) is 4.90 Å². The lowest BCUT2D eigenvalue weighted by Gasteiger charge is -2.40. The fourth-order valence-electron chi connectivity index (χ4n) is 13.6. The standard InChI is InChI=1S/C72H45NOS/c1-2-19-46(20-3-1)47-37-39-48(40-38-47)51-22-6-13-31-65(51)73(50-41-42-54-52-23-4-7-25-57(52)71(63(54)44-50)59-27-9-14-33-67(59)74-68-34-15-10-28-60(68)71)66-32-18-21-49-43-56-53-24-5-8-26-58(53)72(64(56)45-55(49)66)61-29-11-16-35-69(61)75-70-36-17-12-30-62(70)72/h1-45H. The molecule has 0 N–H and O–H groups in total. The highest BCUT2D eigenvalue weighted by atomic mass is 32.2. The first kappa shape index (κ1) is 42.4. The molecule has 2 aliphatic heterocycles. The summed E-state index contributed by atoms with van der Waals surface area (Å²) in [6.45, 7) is 0. The van der Waals surface area contributed by atoms with Crippen LogP contribution in [0.15, 0.2) is 283 Å². The second-order valence-electron chi connectivity index (χ2n) is 20.2. The van der Waals surface area contributed by atoms with E-state index in [2.05, 4.69) is 278 Å². The highest BCUT2D eigenvalue weighted by molar-refractivity contribution is 7.99. The zero-order chi connectivity index (χ0) is 49.2. The zero-order valence-electron chi connectivity index (χ0n) is 40.7. The average Bonchev–Trinajstić information content (AvgIpc) is 3.94. The highest BCUT2D eigenvalue weighted by Gasteiger charge is 2.52. The van der Waals surface area contributed by atoms with Gasteiger partial charge in [0.25, 0.3) is 0 Å². The van der Waals surface area contributed by atoms with Gasteiger partial charge in [-0.2, -0.15) is 0 Å². The molecule has 0 atom stereocenters. The largest absolute Gasteiger partial charge is 0.457 e. The summed E-state index contributed by atoms with van der Waals surface area (Å²) >= 11 is 1.89. The first-order valence-corrected chi connectivity index (χ1v) is 26.7. The Morgan fingerprint density at radius 1 is 0.293 bits per heavy atom. The Morgan fingerprint density at radius 3 is 1.45 bits per heavy atom. The molecule has 4 aliphatic rings. The van der Waals surface area contributed by atoms with Crippen molar-refractivity contribution in [3.8, 4) is 56.0 Å². The van der Waals surface area contributed by atoms with Crippen LogP contribution in [-0.2, 0) is 10.8 Å². The second-order valence-corrected chi connectivity index (χ2v) is 21.3. The van der Waals surface area contributed by atoms with E-state index in [4.69, 9.17) is 4.74 Å². The maximum atomic E-state index is 6.80. The fraction of sp³-hybridized carbons (Fsp3) is 0.0278. The van der Waals surface area contributed by atoms with Crippen molar-refractivity contribution in [3.05, 3.63) is 317 Å². The molecule has 0 amide bonds. The lowest BCUT2D eigenvalue weighted by Crippen LogP contribution is -2.32. The van der Waals surface area contributed by atoms with Gasteiger partial charge in [-0.1, -0.05) is 224 Å². The molecule has 75 heavy (non-hydrogen) atoms. The molecule has 0 saturated carbocycles. The lowest BCUT2D eigenvalue weighted by atomic mass is 9.66. The summed E-state index contributed by atoms with van der Waals surface area (Å²) in [6.07, 6.45) is 0. The predicted octanol–water partition coefficient (Wildman–Crippen LogP) is 18.9. The van der Waals surface area contributed by atoms with E-state index in [9.17, 15) is 0 Å². The van der Waals surface area contributed by atoms with E-state index < -0.39 is 10.8 Å². The maximum Gasteiger partial charge on any atom is 0.132 e. The minimum atomic E-state index is -0.636. The Bertz CT molecular complexity index is 4230. The van der Waals surface area contributed by atoms with E-state index in [1.54, 1.807) is 0 Å². The van der Waals surface area contributed by atoms with Gasteiger partial charge in [-0.3, -0.25) is 0 Å². The van der Waals surface area contributed by atoms with Gasteiger partial charge < -0.3 is 9.64 Å². The molecule has 350 valence electrons. The Labute approximate surface area is 440 Å². The van der Waals surface area contributed by atoms with Crippen LogP contribution in [0.2, 0.25) is 0 Å². The van der Waals surface area contributed by atoms with Gasteiger partial charge in [-0.25, -0.2) is 0 Å². The molecule has 0 unspecified atom stereocenters. The molecule has 2 nitrogen and oxygen atoms in total. The number of hydrogen-bond donors (Lipinski definition) is 0. The number of hydrogen-bond acceptors (Lipinski definition) is 3. The van der Waals surface area contributed by atoms with Crippen molar-refractivity contribution in [1.29, 1.82) is 0 Å². The number of ether oxygens (including phenoxy) is 1. The average molecular weight is 972 g/mol. The van der Waals surface area contributed by atoms with Crippen LogP contribution in [0.5, 0.6) is 11.5 Å². The number of nitrogens with zero attached hydrogens (tertiary/aromatic N) is 1. The SMILES string of the molecule is c1ccc(-c2ccc(-c3ccccc3N(c3ccc4c(c3)C3(c5ccccc5Oc5ccccc53)c3ccccc3-4)c3cccc4cc5c(cc34)C3(c4ccccc4Sc4ccccc43)c3ccccc3-5)cc2)cc1. The minimum absolute atomic E-state index is 0.523. The summed E-state index contributed by atoms with van der Waals surface area (Å²) in [5, 5.41) is 2.38. The van der Waals surface area contributed by atoms with Crippen LogP contribution in [0.25, 0.3) is 55.3 Å². The van der Waals surface area contributed by atoms with E-state index >= 15 is 0 Å². The van der Waals surface area contributed by atoms with Gasteiger partial charge in [-0.15, -0.1) is 0 Å². The third-order valence-electron chi connectivity index (χ3n) is 16.6. The van der Waals surface area contributed by atoms with Crippen molar-refractivity contribution >= 4 is 39.6 Å². The van der Waals surface area contributed by atoms with E-state index in [0.717, 1.165) is 50.8 Å². The van der Waals surface area contributed by atoms with Gasteiger partial charge in [0.15, 0.2) is 0 Å². The quantitative estimate of drug-likeness (QED) is 0.171. The smallest absolute Gasteiger partial charge is 0.132 e. The Kier molecular flexibility index (Phi) is 9.14. The molecule has 0 bridgehead atoms. The highest BCUT2D eigenvalue weighted by Crippen LogP contribution is 2.65. The zero-order valence-corrected chi connectivity index (χ0v) is 41.6. The van der Waals surface area contributed by atoms with Gasteiger partial charge >= 0.3 is 0 Å². The van der Waals surface area contributed by atoms with Crippen LogP contribution in [-0.4, -0.2) is 0 Å². The van der Waals surface area contributed by atoms with E-state index in [1.165, 1.54) is 87.3 Å². The van der Waals surface area contributed by atoms with Gasteiger partial charge in [0.1, 0.15) is 11.5 Å². The number of rotatable bonds is 5. The first-order valence-electron chi connectivity index (χ1n) is 25.9. The summed E-state index contributed by atoms with van der Waals surface area (Å²) in [6, 6.07) is 102. The lowest BCUT2D eigenvalue weighted by molar-refractivity contribution is 0.436. The van der Waals surface area contributed by atoms with Gasteiger partial charge in [0, 0.05) is 37.6 Å². The Hall–Kier alpha value is -9.15. The van der Waals surface area contributed by atoms with E-state index in [-0.39, 0.29) is 0 Å². The molecule has 2 aliphatic carbocycles. The number of benzene rings is 12. The second kappa shape index (κ2) is 16.2. The Morgan fingerprint density at radius 2 is 0.773 bits per heavy atom. The van der Waals surface area contributed by atoms with Crippen LogP contribution in [0.4, 0.5) is 17.1 Å². The predicted molar refractivity (Wildman–Crippen MR) is 308 cm³/mol. The van der Waals surface area contributed by atoms with E-state index in [0.29, 0.717) is 0 Å². The van der Waals surface area contributed by atoms with Crippen LogP contribution in [0.1, 0.15) is 44.5 Å². The number of fused-ring (bicyclic) bond motifs is 19. The Balaban J connectivity index is 0.987. The molecule has 0 saturated heterocycles. The minimum Gasteiger partial charge on any atom is -0.457 e. The molecule has 0 fully saturated rings. The van der Waals surface area contributed by atoms with E-state index in [1.807, 2.05) is 11.8 Å². The monoisotopic (exact) mass is 971 g/mol.